The van der Waals surface area contributed by atoms with Crippen molar-refractivity contribution < 1.29 is 13.9 Å². The third-order valence-electron chi connectivity index (χ3n) is 3.22. The Bertz CT molecular complexity index is 559. The molecule has 0 aliphatic heterocycles. The Hall–Kier alpha value is -2.16. The zero-order valence-electron chi connectivity index (χ0n) is 11.4. The second-order valence-corrected chi connectivity index (χ2v) is 4.67. The van der Waals surface area contributed by atoms with E-state index in [0.29, 0.717) is 5.56 Å². The van der Waals surface area contributed by atoms with Gasteiger partial charge in [-0.3, -0.25) is 0 Å². The van der Waals surface area contributed by atoms with Crippen LogP contribution >= 0.6 is 0 Å². The largest absolute Gasteiger partial charge is 0.465 e. The summed E-state index contributed by atoms with van der Waals surface area (Å²) in [5, 5.41) is 0. The van der Waals surface area contributed by atoms with Gasteiger partial charge in [-0.15, -0.1) is 0 Å². The van der Waals surface area contributed by atoms with Gasteiger partial charge in [0.05, 0.1) is 12.7 Å². The van der Waals surface area contributed by atoms with Crippen LogP contribution in [0.5, 0.6) is 0 Å². The highest BCUT2D eigenvalue weighted by Gasteiger charge is 2.04. The average Bonchev–Trinajstić information content (AvgIpc) is 2.49. The van der Waals surface area contributed by atoms with Crippen LogP contribution in [0.3, 0.4) is 0 Å². The van der Waals surface area contributed by atoms with E-state index in [2.05, 4.69) is 4.74 Å². The second kappa shape index (κ2) is 6.85. The van der Waals surface area contributed by atoms with Gasteiger partial charge in [-0.1, -0.05) is 24.3 Å². The summed E-state index contributed by atoms with van der Waals surface area (Å²) in [4.78, 5) is 11.3. The predicted octanol–water partition coefficient (Wildman–Crippen LogP) is 3.79. The number of halogens is 1. The van der Waals surface area contributed by atoms with Crippen LogP contribution in [0.2, 0.25) is 0 Å². The standard InChI is InChI=1S/C17H17FO2/c1-20-17(19)15-9-5-13(6-10-15)3-2-4-14-7-11-16(18)12-8-14/h5-12H,2-4H2,1H3. The van der Waals surface area contributed by atoms with Gasteiger partial charge in [0.2, 0.25) is 0 Å². The van der Waals surface area contributed by atoms with E-state index < -0.39 is 0 Å². The maximum atomic E-state index is 12.8. The Morgan fingerprint density at radius 1 is 0.950 bits per heavy atom. The van der Waals surface area contributed by atoms with Gasteiger partial charge in [0.15, 0.2) is 0 Å². The molecule has 0 atom stereocenters. The Kier molecular flexibility index (Phi) is 4.88. The van der Waals surface area contributed by atoms with Crippen LogP contribution in [0.25, 0.3) is 0 Å². The molecule has 2 nitrogen and oxygen atoms in total. The van der Waals surface area contributed by atoms with Crippen LogP contribution in [0.15, 0.2) is 48.5 Å². The molecule has 2 aromatic rings. The van der Waals surface area contributed by atoms with Crippen molar-refractivity contribution in [1.29, 1.82) is 0 Å². The molecule has 0 saturated carbocycles. The zero-order valence-corrected chi connectivity index (χ0v) is 11.4. The van der Waals surface area contributed by atoms with Gasteiger partial charge < -0.3 is 4.74 Å². The molecule has 0 saturated heterocycles. The van der Waals surface area contributed by atoms with Crippen LogP contribution in [-0.4, -0.2) is 13.1 Å². The van der Waals surface area contributed by atoms with Gasteiger partial charge >= 0.3 is 5.97 Å². The van der Waals surface area contributed by atoms with Crippen LogP contribution < -0.4 is 0 Å². The normalized spacial score (nSPS) is 10.3. The van der Waals surface area contributed by atoms with Crippen molar-refractivity contribution in [3.05, 3.63) is 71.0 Å². The summed E-state index contributed by atoms with van der Waals surface area (Å²) >= 11 is 0. The molecule has 2 aromatic carbocycles. The van der Waals surface area contributed by atoms with Crippen LogP contribution in [0.4, 0.5) is 4.39 Å². The summed E-state index contributed by atoms with van der Waals surface area (Å²) in [6.45, 7) is 0. The molecule has 0 N–H and O–H groups in total. The number of rotatable bonds is 5. The van der Waals surface area contributed by atoms with E-state index in [0.717, 1.165) is 24.8 Å². The molecule has 0 aliphatic rings. The lowest BCUT2D eigenvalue weighted by Crippen LogP contribution is -2.01. The lowest BCUT2D eigenvalue weighted by atomic mass is 10.0. The van der Waals surface area contributed by atoms with E-state index in [1.807, 2.05) is 24.3 Å². The number of esters is 1. The summed E-state index contributed by atoms with van der Waals surface area (Å²) < 4.78 is 17.4. The van der Waals surface area contributed by atoms with Crippen LogP contribution in [-0.2, 0) is 17.6 Å². The number of hydrogen-bond acceptors (Lipinski definition) is 2. The molecule has 0 amide bonds. The molecule has 0 aliphatic carbocycles. The molecule has 2 rings (SSSR count). The SMILES string of the molecule is COC(=O)c1ccc(CCCc2ccc(F)cc2)cc1. The summed E-state index contributed by atoms with van der Waals surface area (Å²) in [5.41, 5.74) is 2.88. The zero-order chi connectivity index (χ0) is 14.4. The topological polar surface area (TPSA) is 26.3 Å². The molecule has 0 radical (unpaired) electrons. The van der Waals surface area contributed by atoms with E-state index in [1.54, 1.807) is 12.1 Å². The molecular formula is C17H17FO2. The lowest BCUT2D eigenvalue weighted by Gasteiger charge is -2.04. The number of carbonyl (C=O) groups is 1. The fourth-order valence-corrected chi connectivity index (χ4v) is 2.07. The molecule has 0 unspecified atom stereocenters. The molecular weight excluding hydrogens is 255 g/mol. The van der Waals surface area contributed by atoms with Crippen LogP contribution in [0, 0.1) is 5.82 Å². The van der Waals surface area contributed by atoms with Crippen molar-refractivity contribution in [1.82, 2.24) is 0 Å². The first-order chi connectivity index (χ1) is 9.69. The third-order valence-corrected chi connectivity index (χ3v) is 3.22. The van der Waals surface area contributed by atoms with Crippen molar-refractivity contribution in [2.24, 2.45) is 0 Å². The summed E-state index contributed by atoms with van der Waals surface area (Å²) in [6.07, 6.45) is 2.83. The molecule has 0 aromatic heterocycles. The minimum atomic E-state index is -0.317. The van der Waals surface area contributed by atoms with Crippen molar-refractivity contribution in [3.8, 4) is 0 Å². The number of benzene rings is 2. The first-order valence-electron chi connectivity index (χ1n) is 6.61. The first-order valence-corrected chi connectivity index (χ1v) is 6.61. The Labute approximate surface area is 118 Å². The van der Waals surface area contributed by atoms with Crippen LogP contribution in [0.1, 0.15) is 27.9 Å². The van der Waals surface area contributed by atoms with Gasteiger partial charge in [0.25, 0.3) is 0 Å². The molecule has 0 fully saturated rings. The fraction of sp³-hybridized carbons (Fsp3) is 0.235. The fourth-order valence-electron chi connectivity index (χ4n) is 2.07. The van der Waals surface area contributed by atoms with Crippen molar-refractivity contribution in [2.75, 3.05) is 7.11 Å². The van der Waals surface area contributed by atoms with Gasteiger partial charge in [0.1, 0.15) is 5.82 Å². The Morgan fingerprint density at radius 2 is 1.45 bits per heavy atom. The molecule has 0 heterocycles. The van der Waals surface area contributed by atoms with Crippen molar-refractivity contribution in [2.45, 2.75) is 19.3 Å². The quantitative estimate of drug-likeness (QED) is 0.774. The van der Waals surface area contributed by atoms with E-state index >= 15 is 0 Å². The summed E-state index contributed by atoms with van der Waals surface area (Å²) in [6, 6.07) is 14.0. The van der Waals surface area contributed by atoms with E-state index in [1.165, 1.54) is 24.8 Å². The minimum absolute atomic E-state index is 0.202. The Morgan fingerprint density at radius 3 is 1.95 bits per heavy atom. The van der Waals surface area contributed by atoms with Gasteiger partial charge in [-0.25, -0.2) is 9.18 Å². The number of aryl methyl sites for hydroxylation is 2. The van der Waals surface area contributed by atoms with Gasteiger partial charge in [-0.2, -0.15) is 0 Å². The average molecular weight is 272 g/mol. The summed E-state index contributed by atoms with van der Waals surface area (Å²) in [7, 11) is 1.37. The molecule has 0 bridgehead atoms. The third kappa shape index (κ3) is 3.92. The maximum Gasteiger partial charge on any atom is 0.337 e. The van der Waals surface area contributed by atoms with Crippen molar-refractivity contribution >= 4 is 5.97 Å². The molecule has 0 spiro atoms. The monoisotopic (exact) mass is 272 g/mol. The van der Waals surface area contributed by atoms with Gasteiger partial charge in [0, 0.05) is 0 Å². The maximum absolute atomic E-state index is 12.8. The highest BCUT2D eigenvalue weighted by atomic mass is 19.1. The smallest absolute Gasteiger partial charge is 0.337 e. The van der Waals surface area contributed by atoms with E-state index in [4.69, 9.17) is 0 Å². The second-order valence-electron chi connectivity index (χ2n) is 4.67. The van der Waals surface area contributed by atoms with E-state index in [9.17, 15) is 9.18 Å². The van der Waals surface area contributed by atoms with Crippen molar-refractivity contribution in [3.63, 3.8) is 0 Å². The number of methoxy groups -OCH3 is 1. The number of carbonyl (C=O) groups excluding carboxylic acids is 1. The van der Waals surface area contributed by atoms with Gasteiger partial charge in [-0.05, 0) is 54.7 Å². The lowest BCUT2D eigenvalue weighted by molar-refractivity contribution is 0.0600. The number of hydrogen-bond donors (Lipinski definition) is 0. The predicted molar refractivity (Wildman–Crippen MR) is 76.2 cm³/mol. The number of ether oxygens (including phenoxy) is 1. The highest BCUT2D eigenvalue weighted by Crippen LogP contribution is 2.11. The summed E-state index contributed by atoms with van der Waals surface area (Å²) in [5.74, 6) is -0.519. The molecule has 3 heteroatoms. The van der Waals surface area contributed by atoms with E-state index in [-0.39, 0.29) is 11.8 Å². The first kappa shape index (κ1) is 14.3. The highest BCUT2D eigenvalue weighted by molar-refractivity contribution is 5.89. The molecule has 20 heavy (non-hydrogen) atoms. The molecule has 104 valence electrons. The Balaban J connectivity index is 1.85. The minimum Gasteiger partial charge on any atom is -0.465 e.